The number of carbonyl (C=O) groups is 1. The summed E-state index contributed by atoms with van der Waals surface area (Å²) in [5.74, 6) is 5.55. The Morgan fingerprint density at radius 3 is 2.95 bits per heavy atom. The average Bonchev–Trinajstić information content (AvgIpc) is 3.03. The van der Waals surface area contributed by atoms with Crippen LogP contribution in [0.5, 0.6) is 0 Å². The Kier molecular flexibility index (Phi) is 5.13. The first-order valence-corrected chi connectivity index (χ1v) is 6.69. The summed E-state index contributed by atoms with van der Waals surface area (Å²) in [5, 5.41) is 15.1. The molecule has 0 unspecified atom stereocenters. The van der Waals surface area contributed by atoms with Gasteiger partial charge in [-0.2, -0.15) is 0 Å². The van der Waals surface area contributed by atoms with Gasteiger partial charge in [0.15, 0.2) is 5.69 Å². The van der Waals surface area contributed by atoms with E-state index in [0.717, 1.165) is 23.2 Å². The number of nitrogens with one attached hydrogen (secondary N) is 1. The van der Waals surface area contributed by atoms with Crippen LogP contribution in [-0.2, 0) is 6.42 Å². The summed E-state index contributed by atoms with van der Waals surface area (Å²) < 4.78 is 4.65. The Labute approximate surface area is 123 Å². The summed E-state index contributed by atoms with van der Waals surface area (Å²) in [6.07, 6.45) is 2.57. The molecule has 5 heteroatoms. The number of carbonyl (C=O) groups excluding carboxylic acids is 1. The summed E-state index contributed by atoms with van der Waals surface area (Å²) in [4.78, 5) is 11.9. The van der Waals surface area contributed by atoms with Gasteiger partial charge in [0, 0.05) is 23.7 Å². The van der Waals surface area contributed by atoms with Gasteiger partial charge in [-0.15, -0.1) is 0 Å². The molecule has 108 valence electrons. The van der Waals surface area contributed by atoms with Crippen molar-refractivity contribution in [3.8, 4) is 11.8 Å². The lowest BCUT2D eigenvalue weighted by Crippen LogP contribution is -2.13. The second kappa shape index (κ2) is 7.27. The largest absolute Gasteiger partial charge is 0.395 e. The van der Waals surface area contributed by atoms with Crippen LogP contribution in [0, 0.1) is 11.8 Å². The van der Waals surface area contributed by atoms with Crippen LogP contribution in [0.2, 0.25) is 0 Å². The van der Waals surface area contributed by atoms with Gasteiger partial charge in [-0.3, -0.25) is 4.79 Å². The molecule has 0 saturated heterocycles. The second-order valence-electron chi connectivity index (χ2n) is 4.34. The second-order valence-corrected chi connectivity index (χ2v) is 4.34. The van der Waals surface area contributed by atoms with E-state index in [-0.39, 0.29) is 18.2 Å². The van der Waals surface area contributed by atoms with Gasteiger partial charge in [0.1, 0.15) is 6.26 Å². The fourth-order valence-electron chi connectivity index (χ4n) is 1.82. The zero-order valence-corrected chi connectivity index (χ0v) is 11.7. The number of hydrogen-bond donors (Lipinski definition) is 2. The molecule has 1 amide bonds. The smallest absolute Gasteiger partial charge is 0.277 e. The molecule has 0 aliphatic rings. The highest BCUT2D eigenvalue weighted by Crippen LogP contribution is 2.18. The Morgan fingerprint density at radius 2 is 2.29 bits per heavy atom. The highest BCUT2D eigenvalue weighted by molar-refractivity contribution is 6.03. The van der Waals surface area contributed by atoms with Gasteiger partial charge in [-0.05, 0) is 30.2 Å². The van der Waals surface area contributed by atoms with Crippen LogP contribution in [0.3, 0.4) is 0 Å². The molecule has 0 aliphatic carbocycles. The quantitative estimate of drug-likeness (QED) is 0.844. The lowest BCUT2D eigenvalue weighted by molar-refractivity contribution is 0.101. The van der Waals surface area contributed by atoms with Crippen molar-refractivity contribution in [3.05, 3.63) is 47.3 Å². The third-order valence-corrected chi connectivity index (χ3v) is 2.87. The number of anilines is 1. The molecule has 0 fully saturated rings. The van der Waals surface area contributed by atoms with Crippen molar-refractivity contribution in [3.63, 3.8) is 0 Å². The van der Waals surface area contributed by atoms with Crippen LogP contribution in [0.4, 0.5) is 5.69 Å². The van der Waals surface area contributed by atoms with Crippen molar-refractivity contribution in [1.82, 2.24) is 5.16 Å². The number of aromatic nitrogens is 1. The maximum absolute atomic E-state index is 11.9. The summed E-state index contributed by atoms with van der Waals surface area (Å²) in [6, 6.07) is 7.10. The van der Waals surface area contributed by atoms with Crippen molar-refractivity contribution in [2.45, 2.75) is 19.8 Å². The van der Waals surface area contributed by atoms with Crippen LogP contribution in [0.1, 0.15) is 35.0 Å². The van der Waals surface area contributed by atoms with Gasteiger partial charge in [-0.25, -0.2) is 0 Å². The van der Waals surface area contributed by atoms with Crippen LogP contribution in [0.15, 0.2) is 35.1 Å². The van der Waals surface area contributed by atoms with Gasteiger partial charge < -0.3 is 14.9 Å². The predicted octanol–water partition coefficient (Wildman–Crippen LogP) is 2.22. The fourth-order valence-corrected chi connectivity index (χ4v) is 1.82. The zero-order valence-electron chi connectivity index (χ0n) is 11.7. The highest BCUT2D eigenvalue weighted by Gasteiger charge is 2.11. The van der Waals surface area contributed by atoms with E-state index in [0.29, 0.717) is 6.42 Å². The first kappa shape index (κ1) is 14.8. The Morgan fingerprint density at radius 1 is 1.43 bits per heavy atom. The van der Waals surface area contributed by atoms with Gasteiger partial charge >= 0.3 is 0 Å². The number of nitrogens with zero attached hydrogens (tertiary/aromatic N) is 1. The van der Waals surface area contributed by atoms with Crippen molar-refractivity contribution < 1.29 is 14.4 Å². The third kappa shape index (κ3) is 3.94. The molecular weight excluding hydrogens is 268 g/mol. The van der Waals surface area contributed by atoms with Crippen molar-refractivity contribution in [1.29, 1.82) is 0 Å². The summed E-state index contributed by atoms with van der Waals surface area (Å²) in [5.41, 5.74) is 2.82. The van der Waals surface area contributed by atoms with E-state index in [2.05, 4.69) is 26.8 Å². The first-order valence-electron chi connectivity index (χ1n) is 6.69. The maximum atomic E-state index is 11.9. The van der Waals surface area contributed by atoms with Gasteiger partial charge in [0.2, 0.25) is 0 Å². The molecule has 0 radical (unpaired) electrons. The molecular formula is C16H16N2O3. The van der Waals surface area contributed by atoms with Crippen LogP contribution in [-0.4, -0.2) is 22.8 Å². The van der Waals surface area contributed by atoms with Crippen LogP contribution < -0.4 is 5.32 Å². The number of benzene rings is 1. The molecule has 2 aromatic rings. The molecule has 1 heterocycles. The molecule has 21 heavy (non-hydrogen) atoms. The zero-order chi connectivity index (χ0) is 15.1. The minimum absolute atomic E-state index is 0.0550. The van der Waals surface area contributed by atoms with E-state index in [1.54, 1.807) is 0 Å². The van der Waals surface area contributed by atoms with E-state index >= 15 is 0 Å². The molecule has 0 spiro atoms. The molecule has 0 saturated carbocycles. The summed E-state index contributed by atoms with van der Waals surface area (Å²) in [6.45, 7) is 2.06. The fraction of sp³-hybridized carbons (Fsp3) is 0.250. The highest BCUT2D eigenvalue weighted by atomic mass is 16.5. The molecule has 2 N–H and O–H groups in total. The monoisotopic (exact) mass is 284 g/mol. The third-order valence-electron chi connectivity index (χ3n) is 2.87. The molecule has 2 rings (SSSR count). The molecule has 5 nitrogen and oxygen atoms in total. The number of rotatable bonds is 4. The van der Waals surface area contributed by atoms with Gasteiger partial charge in [-0.1, -0.05) is 23.9 Å². The average molecular weight is 284 g/mol. The molecule has 1 aromatic carbocycles. The number of hydrogen-bond acceptors (Lipinski definition) is 4. The van der Waals surface area contributed by atoms with E-state index in [9.17, 15) is 4.79 Å². The molecule has 0 bridgehead atoms. The van der Waals surface area contributed by atoms with Crippen molar-refractivity contribution >= 4 is 11.6 Å². The number of amides is 1. The number of aryl methyl sites for hydroxylation is 1. The molecule has 0 atom stereocenters. The predicted molar refractivity (Wildman–Crippen MR) is 78.9 cm³/mol. The number of aliphatic hydroxyl groups excluding tert-OH is 1. The Bertz CT molecular complexity index is 667. The summed E-state index contributed by atoms with van der Waals surface area (Å²) >= 11 is 0. The van der Waals surface area contributed by atoms with Gasteiger partial charge in [0.25, 0.3) is 5.91 Å². The van der Waals surface area contributed by atoms with Crippen molar-refractivity contribution in [2.75, 3.05) is 11.9 Å². The van der Waals surface area contributed by atoms with E-state index in [1.807, 2.05) is 25.1 Å². The Balaban J connectivity index is 2.17. The summed E-state index contributed by atoms with van der Waals surface area (Å²) in [7, 11) is 0. The minimum atomic E-state index is -0.308. The lowest BCUT2D eigenvalue weighted by atomic mass is 10.1. The van der Waals surface area contributed by atoms with Crippen LogP contribution >= 0.6 is 0 Å². The number of aliphatic hydroxyl groups is 1. The molecule has 1 aromatic heterocycles. The van der Waals surface area contributed by atoms with Crippen molar-refractivity contribution in [2.24, 2.45) is 0 Å². The maximum Gasteiger partial charge on any atom is 0.277 e. The van der Waals surface area contributed by atoms with E-state index < -0.39 is 0 Å². The molecule has 0 aliphatic heterocycles. The van der Waals surface area contributed by atoms with E-state index in [1.165, 1.54) is 12.3 Å². The minimum Gasteiger partial charge on any atom is -0.395 e. The topological polar surface area (TPSA) is 75.4 Å². The first-order chi connectivity index (χ1) is 10.2. The Hall–Kier alpha value is -2.58. The van der Waals surface area contributed by atoms with E-state index in [4.69, 9.17) is 5.11 Å². The lowest BCUT2D eigenvalue weighted by Gasteiger charge is -2.09. The normalized spacial score (nSPS) is 9.81. The van der Waals surface area contributed by atoms with Crippen LogP contribution in [0.25, 0.3) is 0 Å². The SMILES string of the molecule is CCc1cc(C#CCCO)ccc1NC(=O)c1ccon1. The van der Waals surface area contributed by atoms with Gasteiger partial charge in [0.05, 0.1) is 6.61 Å². The standard InChI is InChI=1S/C16H16N2O3/c1-2-13-11-12(5-3-4-9-19)6-7-14(13)17-16(20)15-8-10-21-18-15/h6-8,10-11,19H,2,4,9H2,1H3,(H,17,20).